The third-order valence-electron chi connectivity index (χ3n) is 2.23. The molecule has 0 saturated carbocycles. The number of rotatable bonds is 10. The summed E-state index contributed by atoms with van der Waals surface area (Å²) in [5.41, 5.74) is 5.24. The first-order valence-corrected chi connectivity index (χ1v) is 6.01. The fraction of sp³-hybridized carbons (Fsp3) is 0.909. The number of hydrogen-bond acceptors (Lipinski definition) is 4. The molecule has 0 bridgehead atoms. The van der Waals surface area contributed by atoms with E-state index in [0.29, 0.717) is 19.7 Å². The van der Waals surface area contributed by atoms with Crippen molar-refractivity contribution >= 4 is 5.91 Å². The molecule has 5 nitrogen and oxygen atoms in total. The molecule has 0 atom stereocenters. The van der Waals surface area contributed by atoms with Gasteiger partial charge in [0.05, 0.1) is 6.61 Å². The Morgan fingerprint density at radius 2 is 2.12 bits per heavy atom. The fourth-order valence-corrected chi connectivity index (χ4v) is 1.40. The quantitative estimate of drug-likeness (QED) is 0.511. The van der Waals surface area contributed by atoms with E-state index in [9.17, 15) is 4.79 Å². The van der Waals surface area contributed by atoms with Crippen LogP contribution in [0.2, 0.25) is 0 Å². The monoisotopic (exact) mass is 231 g/mol. The van der Waals surface area contributed by atoms with E-state index in [1.165, 1.54) is 0 Å². The Bertz CT molecular complexity index is 177. The maximum absolute atomic E-state index is 11.3. The van der Waals surface area contributed by atoms with Crippen molar-refractivity contribution in [1.82, 2.24) is 10.2 Å². The Morgan fingerprint density at radius 3 is 2.69 bits per heavy atom. The van der Waals surface area contributed by atoms with Gasteiger partial charge in [-0.05, 0) is 19.5 Å². The average molecular weight is 231 g/mol. The predicted molar refractivity (Wildman–Crippen MR) is 65.3 cm³/mol. The fourth-order valence-electron chi connectivity index (χ4n) is 1.40. The van der Waals surface area contributed by atoms with Crippen LogP contribution in [-0.4, -0.2) is 56.7 Å². The van der Waals surface area contributed by atoms with Crippen LogP contribution < -0.4 is 11.1 Å². The SMILES string of the molecule is CCCN(CC)CCNC(=O)COCCN. The Balaban J connectivity index is 3.44. The molecule has 0 aliphatic heterocycles. The highest BCUT2D eigenvalue weighted by atomic mass is 16.5. The van der Waals surface area contributed by atoms with Crippen LogP contribution >= 0.6 is 0 Å². The summed E-state index contributed by atoms with van der Waals surface area (Å²) in [5.74, 6) is -0.0685. The van der Waals surface area contributed by atoms with Gasteiger partial charge in [0.25, 0.3) is 0 Å². The topological polar surface area (TPSA) is 67.6 Å². The normalized spacial score (nSPS) is 10.8. The Morgan fingerprint density at radius 1 is 1.38 bits per heavy atom. The highest BCUT2D eigenvalue weighted by molar-refractivity contribution is 5.77. The summed E-state index contributed by atoms with van der Waals surface area (Å²) in [6, 6.07) is 0. The number of nitrogens with one attached hydrogen (secondary N) is 1. The minimum Gasteiger partial charge on any atom is -0.370 e. The molecule has 0 rings (SSSR count). The Kier molecular flexibility index (Phi) is 10.4. The van der Waals surface area contributed by atoms with Crippen molar-refractivity contribution in [3.05, 3.63) is 0 Å². The minimum absolute atomic E-state index is 0.0685. The van der Waals surface area contributed by atoms with Crippen LogP contribution in [-0.2, 0) is 9.53 Å². The molecule has 0 aromatic rings. The molecule has 0 heterocycles. The van der Waals surface area contributed by atoms with Gasteiger partial charge in [0.1, 0.15) is 6.61 Å². The first-order chi connectivity index (χ1) is 7.74. The van der Waals surface area contributed by atoms with E-state index >= 15 is 0 Å². The number of likely N-dealkylation sites (N-methyl/N-ethyl adjacent to an activating group) is 1. The number of carbonyl (C=O) groups is 1. The molecule has 5 heteroatoms. The predicted octanol–water partition coefficient (Wildman–Crippen LogP) is -0.190. The van der Waals surface area contributed by atoms with Crippen LogP contribution in [0.25, 0.3) is 0 Å². The van der Waals surface area contributed by atoms with Crippen molar-refractivity contribution in [3.63, 3.8) is 0 Å². The smallest absolute Gasteiger partial charge is 0.246 e. The molecule has 0 aromatic heterocycles. The molecular formula is C11H25N3O2. The van der Waals surface area contributed by atoms with Gasteiger partial charge < -0.3 is 20.7 Å². The van der Waals surface area contributed by atoms with E-state index in [1.54, 1.807) is 0 Å². The van der Waals surface area contributed by atoms with Gasteiger partial charge >= 0.3 is 0 Å². The lowest BCUT2D eigenvalue weighted by molar-refractivity contribution is -0.125. The number of amides is 1. The number of nitrogens with two attached hydrogens (primary N) is 1. The number of hydrogen-bond donors (Lipinski definition) is 2. The van der Waals surface area contributed by atoms with Gasteiger partial charge in [0.15, 0.2) is 0 Å². The lowest BCUT2D eigenvalue weighted by atomic mass is 10.4. The molecule has 0 aromatic carbocycles. The highest BCUT2D eigenvalue weighted by Gasteiger charge is 2.03. The number of carbonyl (C=O) groups excluding carboxylic acids is 1. The second-order valence-corrected chi connectivity index (χ2v) is 3.63. The third kappa shape index (κ3) is 8.64. The molecule has 1 amide bonds. The molecule has 0 fully saturated rings. The summed E-state index contributed by atoms with van der Waals surface area (Å²) in [6.45, 7) is 8.95. The molecule has 0 unspecified atom stereocenters. The van der Waals surface area contributed by atoms with Crippen molar-refractivity contribution in [1.29, 1.82) is 0 Å². The van der Waals surface area contributed by atoms with E-state index in [1.807, 2.05) is 0 Å². The summed E-state index contributed by atoms with van der Waals surface area (Å²) in [4.78, 5) is 13.6. The molecule has 0 saturated heterocycles. The molecular weight excluding hydrogens is 206 g/mol. The molecule has 0 spiro atoms. The van der Waals surface area contributed by atoms with Crippen molar-refractivity contribution in [2.45, 2.75) is 20.3 Å². The standard InChI is InChI=1S/C11H25N3O2/c1-3-7-14(4-2)8-6-13-11(15)10-16-9-5-12/h3-10,12H2,1-2H3,(H,13,15). The van der Waals surface area contributed by atoms with E-state index in [2.05, 4.69) is 24.1 Å². The van der Waals surface area contributed by atoms with Gasteiger partial charge in [0.2, 0.25) is 5.91 Å². The van der Waals surface area contributed by atoms with Crippen LogP contribution in [0.5, 0.6) is 0 Å². The lowest BCUT2D eigenvalue weighted by Gasteiger charge is -2.19. The van der Waals surface area contributed by atoms with Crippen LogP contribution in [0.3, 0.4) is 0 Å². The molecule has 0 aliphatic rings. The van der Waals surface area contributed by atoms with Crippen LogP contribution in [0.15, 0.2) is 0 Å². The van der Waals surface area contributed by atoms with Crippen LogP contribution in [0.4, 0.5) is 0 Å². The Labute approximate surface area is 98.3 Å². The zero-order chi connectivity index (χ0) is 12.2. The third-order valence-corrected chi connectivity index (χ3v) is 2.23. The summed E-state index contributed by atoms with van der Waals surface area (Å²) in [5, 5.41) is 2.82. The minimum atomic E-state index is -0.0685. The molecule has 0 aliphatic carbocycles. The molecule has 16 heavy (non-hydrogen) atoms. The highest BCUT2D eigenvalue weighted by Crippen LogP contribution is 1.88. The zero-order valence-electron chi connectivity index (χ0n) is 10.5. The van der Waals surface area contributed by atoms with Crippen LogP contribution in [0, 0.1) is 0 Å². The second kappa shape index (κ2) is 10.9. The van der Waals surface area contributed by atoms with E-state index < -0.39 is 0 Å². The first kappa shape index (κ1) is 15.3. The molecule has 96 valence electrons. The summed E-state index contributed by atoms with van der Waals surface area (Å²) in [6.07, 6.45) is 1.14. The van der Waals surface area contributed by atoms with E-state index in [4.69, 9.17) is 10.5 Å². The largest absolute Gasteiger partial charge is 0.370 e. The van der Waals surface area contributed by atoms with Gasteiger partial charge in [-0.1, -0.05) is 13.8 Å². The second-order valence-electron chi connectivity index (χ2n) is 3.63. The summed E-state index contributed by atoms with van der Waals surface area (Å²) < 4.78 is 5.03. The van der Waals surface area contributed by atoms with Gasteiger partial charge in [-0.2, -0.15) is 0 Å². The number of nitrogens with zero attached hydrogens (tertiary/aromatic N) is 1. The van der Waals surface area contributed by atoms with Crippen molar-refractivity contribution in [2.24, 2.45) is 5.73 Å². The Hall–Kier alpha value is -0.650. The van der Waals surface area contributed by atoms with Gasteiger partial charge in [-0.25, -0.2) is 0 Å². The first-order valence-electron chi connectivity index (χ1n) is 6.01. The van der Waals surface area contributed by atoms with Gasteiger partial charge in [0, 0.05) is 19.6 Å². The average Bonchev–Trinajstić information content (AvgIpc) is 2.28. The molecule has 0 radical (unpaired) electrons. The molecule has 3 N–H and O–H groups in total. The van der Waals surface area contributed by atoms with Crippen molar-refractivity contribution < 1.29 is 9.53 Å². The lowest BCUT2D eigenvalue weighted by Crippen LogP contribution is -2.37. The summed E-state index contributed by atoms with van der Waals surface area (Å²) >= 11 is 0. The summed E-state index contributed by atoms with van der Waals surface area (Å²) in [7, 11) is 0. The maximum atomic E-state index is 11.3. The van der Waals surface area contributed by atoms with E-state index in [0.717, 1.165) is 26.1 Å². The van der Waals surface area contributed by atoms with Crippen LogP contribution in [0.1, 0.15) is 20.3 Å². The van der Waals surface area contributed by atoms with Crippen molar-refractivity contribution in [2.75, 3.05) is 45.9 Å². The van der Waals surface area contributed by atoms with Gasteiger partial charge in [-0.15, -0.1) is 0 Å². The van der Waals surface area contributed by atoms with E-state index in [-0.39, 0.29) is 12.5 Å². The number of ether oxygens (including phenoxy) is 1. The van der Waals surface area contributed by atoms with Gasteiger partial charge in [-0.3, -0.25) is 4.79 Å². The zero-order valence-corrected chi connectivity index (χ0v) is 10.5. The van der Waals surface area contributed by atoms with Crippen molar-refractivity contribution in [3.8, 4) is 0 Å². The maximum Gasteiger partial charge on any atom is 0.246 e.